The maximum Gasteiger partial charge on any atom is 0.204 e. The average Bonchev–Trinajstić information content (AvgIpc) is 3.20. The molecule has 0 unspecified atom stereocenters. The zero-order valence-electron chi connectivity index (χ0n) is 13.4. The molecule has 1 heterocycles. The van der Waals surface area contributed by atoms with E-state index in [0.717, 1.165) is 5.56 Å². The van der Waals surface area contributed by atoms with Gasteiger partial charge in [-0.1, -0.05) is 48.5 Å². The second kappa shape index (κ2) is 6.87. The number of ketones is 1. The Hall–Kier alpha value is -2.98. The number of carbonyl (C=O) groups is 1. The molecule has 3 aromatic carbocycles. The number of rotatable bonds is 5. The third-order valence-electron chi connectivity index (χ3n) is 3.97. The van der Waals surface area contributed by atoms with Crippen molar-refractivity contribution in [1.29, 1.82) is 0 Å². The number of ether oxygens (including phenoxy) is 1. The van der Waals surface area contributed by atoms with Crippen LogP contribution in [0, 0.1) is 0 Å². The Labute approximate surface area is 149 Å². The standard InChI is InChI=1S/C21H15NO2S/c23-21(20-12-22-14-25-20)18-6-3-7-19(11-18)24-13-15-8-9-16-4-1-2-5-17(16)10-15/h1-12,14H,13H2. The van der Waals surface area contributed by atoms with Crippen LogP contribution in [0.1, 0.15) is 20.8 Å². The minimum Gasteiger partial charge on any atom is -0.489 e. The van der Waals surface area contributed by atoms with E-state index >= 15 is 0 Å². The molecule has 3 nitrogen and oxygen atoms in total. The van der Waals surface area contributed by atoms with Crippen LogP contribution in [0.3, 0.4) is 0 Å². The van der Waals surface area contributed by atoms with Crippen LogP contribution in [0.5, 0.6) is 5.75 Å². The van der Waals surface area contributed by atoms with Crippen molar-refractivity contribution < 1.29 is 9.53 Å². The summed E-state index contributed by atoms with van der Waals surface area (Å²) < 4.78 is 5.88. The van der Waals surface area contributed by atoms with Crippen molar-refractivity contribution in [3.8, 4) is 5.75 Å². The summed E-state index contributed by atoms with van der Waals surface area (Å²) in [5.74, 6) is 0.655. The highest BCUT2D eigenvalue weighted by Crippen LogP contribution is 2.21. The molecule has 4 heteroatoms. The minimum absolute atomic E-state index is 0.0290. The molecule has 0 bridgehead atoms. The summed E-state index contributed by atoms with van der Waals surface area (Å²) in [5, 5.41) is 2.40. The van der Waals surface area contributed by atoms with Gasteiger partial charge in [0.25, 0.3) is 0 Å². The van der Waals surface area contributed by atoms with Gasteiger partial charge in [-0.05, 0) is 34.5 Å². The van der Waals surface area contributed by atoms with E-state index in [1.165, 1.54) is 22.1 Å². The Morgan fingerprint density at radius 2 is 1.84 bits per heavy atom. The highest BCUT2D eigenvalue weighted by atomic mass is 32.1. The molecule has 0 fully saturated rings. The molecule has 0 aliphatic carbocycles. The largest absolute Gasteiger partial charge is 0.489 e. The van der Waals surface area contributed by atoms with E-state index in [9.17, 15) is 4.79 Å². The maximum atomic E-state index is 12.4. The van der Waals surface area contributed by atoms with Gasteiger partial charge in [0.05, 0.1) is 10.4 Å². The van der Waals surface area contributed by atoms with Gasteiger partial charge < -0.3 is 4.74 Å². The van der Waals surface area contributed by atoms with Crippen molar-refractivity contribution in [2.75, 3.05) is 0 Å². The highest BCUT2D eigenvalue weighted by Gasteiger charge is 2.11. The predicted molar refractivity (Wildman–Crippen MR) is 100 cm³/mol. The fourth-order valence-electron chi connectivity index (χ4n) is 2.69. The molecule has 4 aromatic rings. The molecule has 0 N–H and O–H groups in total. The van der Waals surface area contributed by atoms with Crippen LogP contribution in [0.4, 0.5) is 0 Å². The van der Waals surface area contributed by atoms with Gasteiger partial charge in [0.1, 0.15) is 12.4 Å². The van der Waals surface area contributed by atoms with Crippen molar-refractivity contribution in [1.82, 2.24) is 4.98 Å². The Morgan fingerprint density at radius 1 is 0.960 bits per heavy atom. The molecule has 0 spiro atoms. The highest BCUT2D eigenvalue weighted by molar-refractivity contribution is 7.11. The molecule has 0 atom stereocenters. The molecule has 1 aromatic heterocycles. The number of thiazole rings is 1. The van der Waals surface area contributed by atoms with Gasteiger partial charge in [0.2, 0.25) is 5.78 Å². The average molecular weight is 345 g/mol. The summed E-state index contributed by atoms with van der Waals surface area (Å²) in [7, 11) is 0. The van der Waals surface area contributed by atoms with E-state index in [1.54, 1.807) is 23.8 Å². The molecule has 0 aliphatic heterocycles. The van der Waals surface area contributed by atoms with E-state index in [0.29, 0.717) is 22.8 Å². The first-order chi connectivity index (χ1) is 12.3. The maximum absolute atomic E-state index is 12.4. The molecule has 4 rings (SSSR count). The normalized spacial score (nSPS) is 10.7. The van der Waals surface area contributed by atoms with E-state index < -0.39 is 0 Å². The quantitative estimate of drug-likeness (QED) is 0.472. The molecule has 0 aliphatic rings. The number of hydrogen-bond donors (Lipinski definition) is 0. The van der Waals surface area contributed by atoms with Crippen LogP contribution in [0.2, 0.25) is 0 Å². The number of hydrogen-bond acceptors (Lipinski definition) is 4. The van der Waals surface area contributed by atoms with Crippen LogP contribution in [-0.2, 0) is 6.61 Å². The van der Waals surface area contributed by atoms with E-state index in [4.69, 9.17) is 4.74 Å². The Kier molecular flexibility index (Phi) is 4.27. The number of benzene rings is 3. The number of nitrogens with zero attached hydrogens (tertiary/aromatic N) is 1. The fourth-order valence-corrected chi connectivity index (χ4v) is 3.27. The van der Waals surface area contributed by atoms with Crippen molar-refractivity contribution >= 4 is 27.9 Å². The molecule has 0 saturated carbocycles. The summed E-state index contributed by atoms with van der Waals surface area (Å²) >= 11 is 1.34. The lowest BCUT2D eigenvalue weighted by Gasteiger charge is -2.08. The van der Waals surface area contributed by atoms with Gasteiger partial charge in [-0.25, -0.2) is 0 Å². The summed E-state index contributed by atoms with van der Waals surface area (Å²) in [5.41, 5.74) is 3.37. The van der Waals surface area contributed by atoms with Crippen molar-refractivity contribution in [2.24, 2.45) is 0 Å². The molecular formula is C21H15NO2S. The van der Waals surface area contributed by atoms with Crippen LogP contribution < -0.4 is 4.74 Å². The molecular weight excluding hydrogens is 330 g/mol. The van der Waals surface area contributed by atoms with Gasteiger partial charge in [-0.15, -0.1) is 11.3 Å². The summed E-state index contributed by atoms with van der Waals surface area (Å²) in [6, 6.07) is 21.8. The third-order valence-corrected chi connectivity index (χ3v) is 4.74. The SMILES string of the molecule is O=C(c1cccc(OCc2ccc3ccccc3c2)c1)c1cncs1. The molecule has 122 valence electrons. The first-order valence-corrected chi connectivity index (χ1v) is 8.81. The van der Waals surface area contributed by atoms with E-state index in [2.05, 4.69) is 35.3 Å². The third kappa shape index (κ3) is 3.44. The monoisotopic (exact) mass is 345 g/mol. The molecule has 0 radical (unpaired) electrons. The Balaban J connectivity index is 1.50. The predicted octanol–water partition coefficient (Wildman–Crippen LogP) is 5.11. The lowest BCUT2D eigenvalue weighted by Crippen LogP contribution is -2.00. The molecule has 0 saturated heterocycles. The second-order valence-electron chi connectivity index (χ2n) is 5.69. The second-order valence-corrected chi connectivity index (χ2v) is 6.58. The zero-order valence-corrected chi connectivity index (χ0v) is 14.2. The zero-order chi connectivity index (χ0) is 17.1. The number of aromatic nitrogens is 1. The first kappa shape index (κ1) is 15.5. The minimum atomic E-state index is -0.0290. The lowest BCUT2D eigenvalue weighted by molar-refractivity contribution is 0.104. The van der Waals surface area contributed by atoms with Crippen molar-refractivity contribution in [3.63, 3.8) is 0 Å². The Morgan fingerprint density at radius 3 is 2.68 bits per heavy atom. The summed E-state index contributed by atoms with van der Waals surface area (Å²) in [4.78, 5) is 17.0. The smallest absolute Gasteiger partial charge is 0.204 e. The van der Waals surface area contributed by atoms with Crippen LogP contribution in [-0.4, -0.2) is 10.8 Å². The van der Waals surface area contributed by atoms with Gasteiger partial charge in [-0.2, -0.15) is 0 Å². The van der Waals surface area contributed by atoms with Crippen LogP contribution >= 0.6 is 11.3 Å². The Bertz CT molecular complexity index is 1020. The van der Waals surface area contributed by atoms with Gasteiger partial charge in [0, 0.05) is 11.8 Å². The molecule has 25 heavy (non-hydrogen) atoms. The van der Waals surface area contributed by atoms with Crippen molar-refractivity contribution in [3.05, 3.63) is 94.4 Å². The van der Waals surface area contributed by atoms with Gasteiger partial charge in [0.15, 0.2) is 0 Å². The number of carbonyl (C=O) groups excluding carboxylic acids is 1. The fraction of sp³-hybridized carbons (Fsp3) is 0.0476. The van der Waals surface area contributed by atoms with Crippen molar-refractivity contribution in [2.45, 2.75) is 6.61 Å². The summed E-state index contributed by atoms with van der Waals surface area (Å²) in [6.07, 6.45) is 1.59. The molecule has 0 amide bonds. The summed E-state index contributed by atoms with van der Waals surface area (Å²) in [6.45, 7) is 0.461. The lowest BCUT2D eigenvalue weighted by atomic mass is 10.1. The van der Waals surface area contributed by atoms with E-state index in [-0.39, 0.29) is 5.78 Å². The van der Waals surface area contributed by atoms with E-state index in [1.807, 2.05) is 24.3 Å². The van der Waals surface area contributed by atoms with Gasteiger partial charge in [-0.3, -0.25) is 9.78 Å². The van der Waals surface area contributed by atoms with Crippen LogP contribution in [0.15, 0.2) is 78.4 Å². The number of fused-ring (bicyclic) bond motifs is 1. The first-order valence-electron chi connectivity index (χ1n) is 7.93. The topological polar surface area (TPSA) is 39.2 Å². The van der Waals surface area contributed by atoms with Crippen LogP contribution in [0.25, 0.3) is 10.8 Å². The van der Waals surface area contributed by atoms with Gasteiger partial charge >= 0.3 is 0 Å².